The number of ether oxygens (including phenoxy) is 3. The van der Waals surface area contributed by atoms with Gasteiger partial charge in [0.2, 0.25) is 0 Å². The number of sulfonamides is 2. The molecule has 0 aliphatic rings. The van der Waals surface area contributed by atoms with Gasteiger partial charge < -0.3 is 27.4 Å². The molecule has 0 amide bonds. The molecule has 4 rings (SSSR count). The van der Waals surface area contributed by atoms with E-state index in [-0.39, 0.29) is 44.0 Å². The van der Waals surface area contributed by atoms with E-state index in [0.717, 1.165) is 43.2 Å². The van der Waals surface area contributed by atoms with E-state index in [9.17, 15) is 43.2 Å². The second kappa shape index (κ2) is 20.8. The van der Waals surface area contributed by atoms with Crippen molar-refractivity contribution in [1.82, 2.24) is 0 Å². The molecule has 0 fully saturated rings. The van der Waals surface area contributed by atoms with Gasteiger partial charge in [0.15, 0.2) is 20.0 Å². The van der Waals surface area contributed by atoms with E-state index in [2.05, 4.69) is 132 Å². The Hall–Kier alpha value is -3.51. The molecule has 0 heterocycles. The number of hydrogen-bond donors (Lipinski definition) is 0. The molecule has 0 aromatic heterocycles. The third-order valence-corrected chi connectivity index (χ3v) is 13.8. The topological polar surface area (TPSA) is 129 Å². The van der Waals surface area contributed by atoms with Crippen molar-refractivity contribution in [3.63, 3.8) is 0 Å². The van der Waals surface area contributed by atoms with Crippen LogP contribution in [0.15, 0.2) is 72.8 Å². The van der Waals surface area contributed by atoms with Crippen LogP contribution in [0.4, 0.5) is 26.3 Å². The SMILES string of the molecule is COc1cc(OC)c(-c2ccccc2P(Oc2ccc(C(C)(C)C)cc2C(C)(C)C)Oc2ccc(C(C)(C)C)cc2C(C)(C)C)c(OC)c1.O=S(=O)([N-]S(=O)(=O)C(F)(F)F)C(F)(F)F.[Au+]. The van der Waals surface area contributed by atoms with Crippen molar-refractivity contribution in [3.8, 4) is 39.9 Å². The monoisotopic (exact) mass is 1160 g/mol. The van der Waals surface area contributed by atoms with E-state index in [1.807, 2.05) is 24.3 Å². The number of rotatable bonds is 11. The molecule has 0 aliphatic heterocycles. The summed E-state index contributed by atoms with van der Waals surface area (Å²) in [5.74, 6) is 3.52. The first kappa shape index (κ1) is 57.6. The Balaban J connectivity index is 0.000000777. The average Bonchev–Trinajstić information content (AvgIpc) is 3.14. The van der Waals surface area contributed by atoms with Crippen LogP contribution >= 0.6 is 8.38 Å². The molecule has 0 bridgehead atoms. The fourth-order valence-electron chi connectivity index (χ4n) is 5.95. The predicted octanol–water partition coefficient (Wildman–Crippen LogP) is 12.7. The van der Waals surface area contributed by atoms with E-state index in [4.69, 9.17) is 23.3 Å². The minimum atomic E-state index is -6.72. The fourth-order valence-corrected chi connectivity index (χ4v) is 9.16. The number of alkyl halides is 6. The van der Waals surface area contributed by atoms with Gasteiger partial charge in [-0.15, -0.1) is 0 Å². The maximum atomic E-state index is 11.4. The smallest absolute Gasteiger partial charge is 0.496 e. The van der Waals surface area contributed by atoms with Crippen LogP contribution in [0.2, 0.25) is 0 Å². The van der Waals surface area contributed by atoms with Gasteiger partial charge in [-0.05, 0) is 51.0 Å². The molecule has 0 N–H and O–H groups in total. The normalized spacial score (nSPS) is 13.0. The van der Waals surface area contributed by atoms with Gasteiger partial charge in [0.25, 0.3) is 0 Å². The molecular weight excluding hydrogens is 1100 g/mol. The van der Waals surface area contributed by atoms with Crippen molar-refractivity contribution in [2.75, 3.05) is 21.3 Å². The quantitative estimate of drug-likeness (QED) is 0.0819. The molecule has 0 spiro atoms. The number of hydrogen-bond acceptors (Lipinski definition) is 9. The molecule has 366 valence electrons. The van der Waals surface area contributed by atoms with E-state index in [1.165, 1.54) is 11.1 Å². The van der Waals surface area contributed by atoms with Crippen LogP contribution in [0.25, 0.3) is 15.3 Å². The summed E-state index contributed by atoms with van der Waals surface area (Å²) in [5.41, 5.74) is -6.29. The Morgan fingerprint density at radius 3 is 1.17 bits per heavy atom. The van der Waals surface area contributed by atoms with Crippen molar-refractivity contribution < 1.29 is 88.8 Å². The molecule has 0 radical (unpaired) electrons. The molecule has 4 aromatic rings. The maximum absolute atomic E-state index is 11.4. The zero-order chi connectivity index (χ0) is 49.2. The molecular formula is C45H57AuF6NO9PS2. The van der Waals surface area contributed by atoms with Crippen LogP contribution in [-0.4, -0.2) is 49.2 Å². The van der Waals surface area contributed by atoms with E-state index >= 15 is 0 Å². The number of benzene rings is 4. The average molecular weight is 1160 g/mol. The number of methoxy groups -OCH3 is 3. The van der Waals surface area contributed by atoms with Crippen molar-refractivity contribution >= 4 is 33.7 Å². The van der Waals surface area contributed by atoms with Gasteiger partial charge in [-0.3, -0.25) is 0 Å². The first-order chi connectivity index (χ1) is 28.9. The van der Waals surface area contributed by atoms with Crippen LogP contribution in [-0.2, 0) is 64.1 Å². The van der Waals surface area contributed by atoms with E-state index < -0.39 is 39.4 Å². The Morgan fingerprint density at radius 2 is 0.862 bits per heavy atom. The third-order valence-electron chi connectivity index (χ3n) is 9.54. The zero-order valence-electron chi connectivity index (χ0n) is 38.9. The van der Waals surface area contributed by atoms with Gasteiger partial charge in [-0.2, -0.15) is 26.3 Å². The summed E-state index contributed by atoms with van der Waals surface area (Å²) in [6, 6.07) is 25.2. The molecule has 0 atom stereocenters. The Labute approximate surface area is 396 Å². The Morgan fingerprint density at radius 1 is 0.492 bits per heavy atom. The maximum Gasteiger partial charge on any atom is 1.00 e. The third kappa shape index (κ3) is 14.5. The first-order valence-corrected chi connectivity index (χ1v) is 23.7. The second-order valence-electron chi connectivity index (χ2n) is 18.7. The zero-order valence-corrected chi connectivity index (χ0v) is 43.6. The summed E-state index contributed by atoms with van der Waals surface area (Å²) >= 11 is 0. The minimum absolute atomic E-state index is 0. The van der Waals surface area contributed by atoms with Crippen molar-refractivity contribution in [1.29, 1.82) is 0 Å². The fraction of sp³-hybridized carbons (Fsp3) is 0.467. The molecule has 20 heteroatoms. The largest absolute Gasteiger partial charge is 1.00 e. The summed E-state index contributed by atoms with van der Waals surface area (Å²) in [7, 11) is -10.2. The first-order valence-electron chi connectivity index (χ1n) is 19.6. The Bertz CT molecular complexity index is 2360. The van der Waals surface area contributed by atoms with Gasteiger partial charge in [0.1, 0.15) is 28.7 Å². The molecule has 0 saturated carbocycles. The molecule has 0 aliphatic carbocycles. The van der Waals surface area contributed by atoms with E-state index in [1.54, 1.807) is 21.3 Å². The molecule has 0 unspecified atom stereocenters. The standard InChI is InChI=1S/C43H57O5P.C2F6NO4S2.Au/c1-40(2,3)28-20-22-34(32(24-28)42(7,8)9)47-49(48-35-23-21-29(41(4,5)6)25-33(35)43(10,11)12)38-19-17-16-18-31(38)39-36(45-14)26-30(44-13)27-37(39)46-15;3-1(4,5)14(10,11)9-15(12,13)2(6,7)8;/h16-27H,1-15H3;;/q;-1;+1. The molecule has 65 heavy (non-hydrogen) atoms. The van der Waals surface area contributed by atoms with Crippen LogP contribution in [0, 0.1) is 0 Å². The predicted molar refractivity (Wildman–Crippen MR) is 240 cm³/mol. The number of halogens is 6. The summed E-state index contributed by atoms with van der Waals surface area (Å²) in [6.07, 6.45) is 0. The van der Waals surface area contributed by atoms with Gasteiger partial charge >= 0.3 is 41.8 Å². The van der Waals surface area contributed by atoms with Gasteiger partial charge in [0.05, 0.1) is 32.2 Å². The van der Waals surface area contributed by atoms with Crippen molar-refractivity contribution in [2.24, 2.45) is 0 Å². The summed E-state index contributed by atoms with van der Waals surface area (Å²) in [4.78, 5) is 0. The second-order valence-corrected chi connectivity index (χ2v) is 23.5. The van der Waals surface area contributed by atoms with Gasteiger partial charge in [-0.25, -0.2) is 16.8 Å². The summed E-state index contributed by atoms with van der Waals surface area (Å²) in [5, 5.41) is 0.902. The van der Waals surface area contributed by atoms with Gasteiger partial charge in [-0.1, -0.05) is 126 Å². The van der Waals surface area contributed by atoms with Crippen LogP contribution < -0.4 is 28.6 Å². The van der Waals surface area contributed by atoms with Crippen molar-refractivity contribution in [2.45, 2.75) is 116 Å². The Kier molecular flexibility index (Phi) is 18.4. The van der Waals surface area contributed by atoms with Crippen LogP contribution in [0.1, 0.15) is 105 Å². The minimum Gasteiger partial charge on any atom is -0.496 e. The van der Waals surface area contributed by atoms with Crippen LogP contribution in [0.3, 0.4) is 0 Å². The van der Waals surface area contributed by atoms with E-state index in [0.29, 0.717) is 17.2 Å². The van der Waals surface area contributed by atoms with Crippen molar-refractivity contribution in [3.05, 3.63) is 99.2 Å². The molecule has 10 nitrogen and oxygen atoms in total. The number of nitrogens with zero attached hydrogens (tertiary/aromatic N) is 1. The molecule has 0 saturated heterocycles. The van der Waals surface area contributed by atoms with Crippen LogP contribution in [0.5, 0.6) is 28.7 Å². The molecule has 4 aromatic carbocycles. The summed E-state index contributed by atoms with van der Waals surface area (Å²) < 4.78 is 141. The van der Waals surface area contributed by atoms with Gasteiger partial charge in [0, 0.05) is 28.8 Å². The summed E-state index contributed by atoms with van der Waals surface area (Å²) in [6.45, 7) is 26.8.